The SMILES string of the molecule is CCOC(=O)c1csc(=NN)n1C. The van der Waals surface area contributed by atoms with E-state index in [1.807, 2.05) is 0 Å². The Labute approximate surface area is 79.4 Å². The van der Waals surface area contributed by atoms with E-state index in [9.17, 15) is 4.79 Å². The van der Waals surface area contributed by atoms with Crippen LogP contribution in [0.2, 0.25) is 0 Å². The predicted molar refractivity (Wildman–Crippen MR) is 49.0 cm³/mol. The molecule has 5 nitrogen and oxygen atoms in total. The van der Waals surface area contributed by atoms with Gasteiger partial charge in [-0.3, -0.25) is 0 Å². The number of carbonyl (C=O) groups is 1. The van der Waals surface area contributed by atoms with Crippen LogP contribution in [0.3, 0.4) is 0 Å². The summed E-state index contributed by atoms with van der Waals surface area (Å²) in [5.74, 6) is 4.75. The van der Waals surface area contributed by atoms with Gasteiger partial charge in [0.05, 0.1) is 6.61 Å². The minimum absolute atomic E-state index is 0.351. The maximum atomic E-state index is 11.3. The Balaban J connectivity index is 3.03. The molecule has 0 atom stereocenters. The van der Waals surface area contributed by atoms with Crippen molar-refractivity contribution >= 4 is 17.3 Å². The minimum Gasteiger partial charge on any atom is -0.461 e. The topological polar surface area (TPSA) is 69.6 Å². The number of nitrogens with two attached hydrogens (primary N) is 1. The third-order valence-corrected chi connectivity index (χ3v) is 2.45. The molecule has 0 aliphatic heterocycles. The Kier molecular flexibility index (Phi) is 3.07. The zero-order chi connectivity index (χ0) is 9.84. The van der Waals surface area contributed by atoms with Gasteiger partial charge in [-0.05, 0) is 6.92 Å². The van der Waals surface area contributed by atoms with E-state index in [4.69, 9.17) is 10.6 Å². The second-order valence-corrected chi connectivity index (χ2v) is 3.15. The van der Waals surface area contributed by atoms with Crippen LogP contribution < -0.4 is 10.6 Å². The molecule has 0 aromatic carbocycles. The number of rotatable bonds is 2. The van der Waals surface area contributed by atoms with Gasteiger partial charge in [0.2, 0.25) is 4.80 Å². The highest BCUT2D eigenvalue weighted by atomic mass is 32.1. The van der Waals surface area contributed by atoms with Gasteiger partial charge in [0.15, 0.2) is 0 Å². The normalized spacial score (nSPS) is 11.7. The molecule has 2 N–H and O–H groups in total. The van der Waals surface area contributed by atoms with Crippen molar-refractivity contribution < 1.29 is 9.53 Å². The van der Waals surface area contributed by atoms with Crippen molar-refractivity contribution in [1.82, 2.24) is 4.57 Å². The third-order valence-electron chi connectivity index (χ3n) is 1.52. The molecule has 0 saturated heterocycles. The van der Waals surface area contributed by atoms with Crippen molar-refractivity contribution in [2.45, 2.75) is 6.92 Å². The molecule has 0 unspecified atom stereocenters. The molecule has 1 rings (SSSR count). The molecule has 0 bridgehead atoms. The van der Waals surface area contributed by atoms with E-state index in [0.29, 0.717) is 17.1 Å². The number of esters is 1. The first-order valence-corrected chi connectivity index (χ1v) is 4.64. The number of hydrogen-bond donors (Lipinski definition) is 1. The molecule has 0 saturated carbocycles. The number of aromatic nitrogens is 1. The average Bonchev–Trinajstić information content (AvgIpc) is 2.47. The quantitative estimate of drug-likeness (QED) is 0.417. The molecule has 13 heavy (non-hydrogen) atoms. The monoisotopic (exact) mass is 201 g/mol. The Morgan fingerprint density at radius 2 is 2.54 bits per heavy atom. The maximum Gasteiger partial charge on any atom is 0.355 e. The van der Waals surface area contributed by atoms with Crippen LogP contribution in [-0.2, 0) is 11.8 Å². The second-order valence-electron chi connectivity index (χ2n) is 2.31. The lowest BCUT2D eigenvalue weighted by Gasteiger charge is -2.01. The van der Waals surface area contributed by atoms with Gasteiger partial charge in [-0.15, -0.1) is 11.3 Å². The first-order valence-electron chi connectivity index (χ1n) is 3.76. The summed E-state index contributed by atoms with van der Waals surface area (Å²) in [6, 6.07) is 0. The summed E-state index contributed by atoms with van der Waals surface area (Å²) in [6.45, 7) is 2.13. The Bertz CT molecular complexity index is 366. The average molecular weight is 201 g/mol. The first kappa shape index (κ1) is 9.79. The smallest absolute Gasteiger partial charge is 0.355 e. The van der Waals surface area contributed by atoms with E-state index < -0.39 is 0 Å². The van der Waals surface area contributed by atoms with Gasteiger partial charge in [-0.25, -0.2) is 4.79 Å². The van der Waals surface area contributed by atoms with Gasteiger partial charge < -0.3 is 15.1 Å². The van der Waals surface area contributed by atoms with Crippen molar-refractivity contribution in [3.05, 3.63) is 15.9 Å². The number of thiazole rings is 1. The summed E-state index contributed by atoms with van der Waals surface area (Å²) in [4.78, 5) is 11.9. The molecule has 6 heteroatoms. The number of nitrogens with zero attached hydrogens (tertiary/aromatic N) is 2. The van der Waals surface area contributed by atoms with E-state index >= 15 is 0 Å². The number of hydrogen-bond acceptors (Lipinski definition) is 5. The lowest BCUT2D eigenvalue weighted by molar-refractivity contribution is 0.0515. The summed E-state index contributed by atoms with van der Waals surface area (Å²) < 4.78 is 6.43. The van der Waals surface area contributed by atoms with Crippen LogP contribution in [0.1, 0.15) is 17.4 Å². The zero-order valence-corrected chi connectivity index (χ0v) is 8.30. The largest absolute Gasteiger partial charge is 0.461 e. The molecule has 0 amide bonds. The summed E-state index contributed by atoms with van der Waals surface area (Å²) in [5, 5.41) is 5.18. The van der Waals surface area contributed by atoms with Crippen LogP contribution in [-0.4, -0.2) is 17.1 Å². The van der Waals surface area contributed by atoms with Crippen molar-refractivity contribution in [3.8, 4) is 0 Å². The lowest BCUT2D eigenvalue weighted by atomic mass is 10.5. The van der Waals surface area contributed by atoms with Crippen LogP contribution in [0.25, 0.3) is 0 Å². The summed E-state index contributed by atoms with van der Waals surface area (Å²) in [7, 11) is 1.72. The maximum absolute atomic E-state index is 11.3. The van der Waals surface area contributed by atoms with E-state index in [1.54, 1.807) is 23.9 Å². The van der Waals surface area contributed by atoms with Crippen LogP contribution in [0, 0.1) is 0 Å². The van der Waals surface area contributed by atoms with Gasteiger partial charge in [-0.2, -0.15) is 5.10 Å². The van der Waals surface area contributed by atoms with Crippen molar-refractivity contribution in [2.24, 2.45) is 18.0 Å². The Hall–Kier alpha value is -1.30. The first-order chi connectivity index (χ1) is 6.20. The fraction of sp³-hybridized carbons (Fsp3) is 0.429. The van der Waals surface area contributed by atoms with Gasteiger partial charge >= 0.3 is 5.97 Å². The van der Waals surface area contributed by atoms with Gasteiger partial charge in [0.1, 0.15) is 5.69 Å². The van der Waals surface area contributed by atoms with Crippen LogP contribution in [0.15, 0.2) is 10.5 Å². The number of ether oxygens (including phenoxy) is 1. The predicted octanol–water partition coefficient (Wildman–Crippen LogP) is 0.0377. The third kappa shape index (κ3) is 1.89. The standard InChI is InChI=1S/C7H11N3O2S/c1-3-12-6(11)5-4-13-7(9-8)10(5)2/h4H,3,8H2,1-2H3. The Morgan fingerprint density at radius 1 is 1.85 bits per heavy atom. The molecule has 0 aliphatic rings. The molecule has 1 heterocycles. The molecule has 72 valence electrons. The second kappa shape index (κ2) is 4.08. The van der Waals surface area contributed by atoms with E-state index in [-0.39, 0.29) is 5.97 Å². The fourth-order valence-corrected chi connectivity index (χ4v) is 1.67. The van der Waals surface area contributed by atoms with Gasteiger partial charge in [0, 0.05) is 12.4 Å². The molecule has 0 aliphatic carbocycles. The van der Waals surface area contributed by atoms with Crippen molar-refractivity contribution in [1.29, 1.82) is 0 Å². The van der Waals surface area contributed by atoms with E-state index in [0.717, 1.165) is 0 Å². The highest BCUT2D eigenvalue weighted by molar-refractivity contribution is 7.07. The van der Waals surface area contributed by atoms with Crippen LogP contribution in [0.4, 0.5) is 0 Å². The molecular weight excluding hydrogens is 190 g/mol. The van der Waals surface area contributed by atoms with Crippen LogP contribution >= 0.6 is 11.3 Å². The van der Waals surface area contributed by atoms with Gasteiger partial charge in [-0.1, -0.05) is 0 Å². The van der Waals surface area contributed by atoms with Crippen molar-refractivity contribution in [3.63, 3.8) is 0 Å². The zero-order valence-electron chi connectivity index (χ0n) is 7.48. The summed E-state index contributed by atoms with van der Waals surface area (Å²) >= 11 is 1.30. The van der Waals surface area contributed by atoms with Crippen molar-refractivity contribution in [2.75, 3.05) is 6.61 Å². The molecule has 0 radical (unpaired) electrons. The number of carbonyl (C=O) groups excluding carboxylic acids is 1. The highest BCUT2D eigenvalue weighted by Crippen LogP contribution is 2.01. The summed E-state index contributed by atoms with van der Waals surface area (Å²) in [5.41, 5.74) is 0.469. The van der Waals surface area contributed by atoms with Crippen LogP contribution in [0.5, 0.6) is 0 Å². The van der Waals surface area contributed by atoms with E-state index in [2.05, 4.69) is 5.10 Å². The minimum atomic E-state index is -0.351. The lowest BCUT2D eigenvalue weighted by Crippen LogP contribution is -2.19. The molecular formula is C7H11N3O2S. The molecule has 1 aromatic rings. The molecule has 1 aromatic heterocycles. The van der Waals surface area contributed by atoms with E-state index in [1.165, 1.54) is 11.3 Å². The fourth-order valence-electron chi connectivity index (χ4n) is 0.877. The van der Waals surface area contributed by atoms with Gasteiger partial charge in [0.25, 0.3) is 0 Å². The molecule has 0 fully saturated rings. The highest BCUT2D eigenvalue weighted by Gasteiger charge is 2.11. The Morgan fingerprint density at radius 3 is 3.00 bits per heavy atom. The summed E-state index contributed by atoms with van der Waals surface area (Å²) in [6.07, 6.45) is 0. The molecule has 0 spiro atoms.